The van der Waals surface area contributed by atoms with Crippen LogP contribution in [0.4, 0.5) is 0 Å². The van der Waals surface area contributed by atoms with E-state index in [-0.39, 0.29) is 12.4 Å². The van der Waals surface area contributed by atoms with Gasteiger partial charge in [-0.2, -0.15) is 0 Å². The third-order valence-corrected chi connectivity index (χ3v) is 6.20. The number of hydrogen-bond acceptors (Lipinski definition) is 5. The van der Waals surface area contributed by atoms with E-state index in [2.05, 4.69) is 16.3 Å². The molecule has 1 aromatic heterocycles. The quantitative estimate of drug-likeness (QED) is 0.421. The van der Waals surface area contributed by atoms with Crippen molar-refractivity contribution < 1.29 is 9.53 Å². The van der Waals surface area contributed by atoms with Gasteiger partial charge in [0, 0.05) is 12.6 Å². The number of carbonyl (C=O) groups is 1. The fraction of sp³-hybridized carbons (Fsp3) is 0.286. The first-order chi connectivity index (χ1) is 13.6. The molecule has 1 aliphatic carbocycles. The van der Waals surface area contributed by atoms with Crippen molar-refractivity contribution in [1.82, 2.24) is 14.8 Å². The van der Waals surface area contributed by atoms with E-state index in [1.54, 1.807) is 6.07 Å². The number of fused-ring (bicyclic) bond motifs is 1. The molecule has 2 aromatic carbocycles. The van der Waals surface area contributed by atoms with Gasteiger partial charge in [0.1, 0.15) is 12.4 Å². The second-order valence-electron chi connectivity index (χ2n) is 6.73. The van der Waals surface area contributed by atoms with Crippen molar-refractivity contribution in [3.63, 3.8) is 0 Å². The van der Waals surface area contributed by atoms with E-state index >= 15 is 0 Å². The van der Waals surface area contributed by atoms with Crippen molar-refractivity contribution in [1.29, 1.82) is 0 Å². The number of Topliss-reactive ketones (excluding diaryl/α,β-unsaturated/α-hetero) is 1. The van der Waals surface area contributed by atoms with Crippen LogP contribution in [-0.2, 0) is 26.5 Å². The second kappa shape index (κ2) is 8.37. The number of ether oxygens (including phenoxy) is 1. The van der Waals surface area contributed by atoms with Gasteiger partial charge in [-0.3, -0.25) is 4.79 Å². The number of carbonyl (C=O) groups excluding carboxylic acids is 1. The number of thioether (sulfide) groups is 1. The minimum atomic E-state index is 0.108. The molecule has 0 fully saturated rings. The van der Waals surface area contributed by atoms with Crippen LogP contribution in [-0.4, -0.2) is 26.3 Å². The molecule has 0 amide bonds. The maximum absolute atomic E-state index is 12.6. The van der Waals surface area contributed by atoms with Crippen LogP contribution in [0.15, 0.2) is 47.6 Å². The Morgan fingerprint density at radius 3 is 2.86 bits per heavy atom. The van der Waals surface area contributed by atoms with Crippen molar-refractivity contribution >= 4 is 29.1 Å². The molecule has 0 saturated heterocycles. The summed E-state index contributed by atoms with van der Waals surface area (Å²) in [7, 11) is 1.87. The molecule has 4 rings (SSSR count). The summed E-state index contributed by atoms with van der Waals surface area (Å²) >= 11 is 7.49. The molecule has 3 aromatic rings. The summed E-state index contributed by atoms with van der Waals surface area (Å²) in [4.78, 5) is 12.6. The Morgan fingerprint density at radius 2 is 2.00 bits per heavy atom. The van der Waals surface area contributed by atoms with Gasteiger partial charge in [-0.1, -0.05) is 47.6 Å². The Labute approximate surface area is 173 Å². The lowest BCUT2D eigenvalue weighted by molar-refractivity contribution is 0.102. The summed E-state index contributed by atoms with van der Waals surface area (Å²) in [6, 6.07) is 13.4. The largest absolute Gasteiger partial charge is 0.484 e. The van der Waals surface area contributed by atoms with Crippen LogP contribution in [0, 0.1) is 0 Å². The molecule has 144 valence electrons. The number of aromatic nitrogens is 3. The van der Waals surface area contributed by atoms with Crippen LogP contribution >= 0.6 is 23.4 Å². The van der Waals surface area contributed by atoms with E-state index in [1.165, 1.54) is 29.3 Å². The minimum Gasteiger partial charge on any atom is -0.484 e. The Kier molecular flexibility index (Phi) is 5.69. The Hall–Kier alpha value is -2.31. The molecule has 7 heteroatoms. The van der Waals surface area contributed by atoms with Crippen LogP contribution < -0.4 is 4.74 Å². The standard InChI is InChI=1S/C21H20ClN3O2S/c1-25-20(12-27-19-8-3-2-7-17(19)22)23-24-21(25)28-13-18(26)16-10-9-14-5-4-6-15(14)11-16/h2-3,7-11H,4-6,12-13H2,1H3. The van der Waals surface area contributed by atoms with Crippen LogP contribution in [0.2, 0.25) is 5.02 Å². The molecular formula is C21H20ClN3O2S. The summed E-state index contributed by atoms with van der Waals surface area (Å²) < 4.78 is 7.57. The van der Waals surface area contributed by atoms with Crippen LogP contribution in [0.1, 0.15) is 33.7 Å². The Balaban J connectivity index is 1.36. The lowest BCUT2D eigenvalue weighted by Crippen LogP contribution is -2.06. The zero-order valence-electron chi connectivity index (χ0n) is 15.5. The zero-order valence-corrected chi connectivity index (χ0v) is 17.1. The van der Waals surface area contributed by atoms with Gasteiger partial charge in [-0.15, -0.1) is 10.2 Å². The molecule has 28 heavy (non-hydrogen) atoms. The molecule has 0 radical (unpaired) electrons. The highest BCUT2D eigenvalue weighted by Gasteiger charge is 2.16. The normalized spacial score (nSPS) is 12.8. The van der Waals surface area contributed by atoms with Crippen molar-refractivity contribution in [2.75, 3.05) is 5.75 Å². The first-order valence-corrected chi connectivity index (χ1v) is 10.5. The Morgan fingerprint density at radius 1 is 1.18 bits per heavy atom. The molecule has 0 aliphatic heterocycles. The van der Waals surface area contributed by atoms with Gasteiger partial charge in [0.05, 0.1) is 10.8 Å². The minimum absolute atomic E-state index is 0.108. The van der Waals surface area contributed by atoms with Crippen molar-refractivity contribution in [2.45, 2.75) is 31.0 Å². The average molecular weight is 414 g/mol. The number of ketones is 1. The predicted octanol–water partition coefficient (Wildman–Crippen LogP) is 4.51. The smallest absolute Gasteiger partial charge is 0.191 e. The van der Waals surface area contributed by atoms with Crippen LogP contribution in [0.25, 0.3) is 0 Å². The molecule has 0 spiro atoms. The van der Waals surface area contributed by atoms with Gasteiger partial charge in [0.15, 0.2) is 16.8 Å². The van der Waals surface area contributed by atoms with Gasteiger partial charge in [0.25, 0.3) is 0 Å². The van der Waals surface area contributed by atoms with E-state index in [0.717, 1.165) is 18.4 Å². The fourth-order valence-corrected chi connectivity index (χ4v) is 4.27. The van der Waals surface area contributed by atoms with E-state index in [0.29, 0.717) is 27.5 Å². The number of para-hydroxylation sites is 1. The van der Waals surface area contributed by atoms with E-state index in [4.69, 9.17) is 16.3 Å². The van der Waals surface area contributed by atoms with Gasteiger partial charge in [-0.05, 0) is 48.6 Å². The average Bonchev–Trinajstić information content (AvgIpc) is 3.31. The molecule has 0 N–H and O–H groups in total. The number of aryl methyl sites for hydroxylation is 2. The first-order valence-electron chi connectivity index (χ1n) is 9.15. The third kappa shape index (κ3) is 4.08. The van der Waals surface area contributed by atoms with Gasteiger partial charge in [0.2, 0.25) is 0 Å². The van der Waals surface area contributed by atoms with Crippen molar-refractivity contribution in [2.24, 2.45) is 7.05 Å². The topological polar surface area (TPSA) is 57.0 Å². The molecule has 0 unspecified atom stereocenters. The number of hydrogen-bond donors (Lipinski definition) is 0. The summed E-state index contributed by atoms with van der Waals surface area (Å²) in [5.41, 5.74) is 3.46. The number of benzene rings is 2. The van der Waals surface area contributed by atoms with Gasteiger partial charge in [-0.25, -0.2) is 0 Å². The summed E-state index contributed by atoms with van der Waals surface area (Å²) in [5, 5.41) is 9.60. The number of halogens is 1. The van der Waals surface area contributed by atoms with Crippen molar-refractivity contribution in [3.05, 3.63) is 70.0 Å². The molecular weight excluding hydrogens is 394 g/mol. The maximum Gasteiger partial charge on any atom is 0.191 e. The highest BCUT2D eigenvalue weighted by Crippen LogP contribution is 2.26. The Bertz CT molecular complexity index is 1020. The molecule has 0 atom stereocenters. The molecule has 1 heterocycles. The lowest BCUT2D eigenvalue weighted by atomic mass is 10.0. The monoisotopic (exact) mass is 413 g/mol. The molecule has 1 aliphatic rings. The van der Waals surface area contributed by atoms with E-state index in [9.17, 15) is 4.79 Å². The van der Waals surface area contributed by atoms with Crippen molar-refractivity contribution in [3.8, 4) is 5.75 Å². The van der Waals surface area contributed by atoms with E-state index < -0.39 is 0 Å². The number of nitrogens with zero attached hydrogens (tertiary/aromatic N) is 3. The predicted molar refractivity (Wildman–Crippen MR) is 110 cm³/mol. The zero-order chi connectivity index (χ0) is 19.5. The molecule has 0 saturated carbocycles. The van der Waals surface area contributed by atoms with E-state index in [1.807, 2.05) is 41.9 Å². The summed E-state index contributed by atoms with van der Waals surface area (Å²) in [5.74, 6) is 1.72. The molecule has 5 nitrogen and oxygen atoms in total. The second-order valence-corrected chi connectivity index (χ2v) is 8.08. The fourth-order valence-electron chi connectivity index (χ4n) is 3.26. The lowest BCUT2D eigenvalue weighted by Gasteiger charge is -2.08. The first kappa shape index (κ1) is 19.0. The van der Waals surface area contributed by atoms with Gasteiger partial charge < -0.3 is 9.30 Å². The van der Waals surface area contributed by atoms with Gasteiger partial charge >= 0.3 is 0 Å². The SMILES string of the molecule is Cn1c(COc2ccccc2Cl)nnc1SCC(=O)c1ccc2c(c1)CCC2. The third-order valence-electron chi connectivity index (χ3n) is 4.87. The maximum atomic E-state index is 12.6. The van der Waals surface area contributed by atoms with Crippen LogP contribution in [0.3, 0.4) is 0 Å². The highest BCUT2D eigenvalue weighted by atomic mass is 35.5. The summed E-state index contributed by atoms with van der Waals surface area (Å²) in [6.07, 6.45) is 3.37. The summed E-state index contributed by atoms with van der Waals surface area (Å²) in [6.45, 7) is 0.257. The molecule has 0 bridgehead atoms. The number of rotatable bonds is 7. The van der Waals surface area contributed by atoms with Crippen LogP contribution in [0.5, 0.6) is 5.75 Å². The highest BCUT2D eigenvalue weighted by molar-refractivity contribution is 7.99.